The van der Waals surface area contributed by atoms with Gasteiger partial charge in [-0.05, 0) is 71.2 Å². The Balaban J connectivity index is 1.64. The molecule has 0 aliphatic rings. The topological polar surface area (TPSA) is 123 Å². The molecule has 3 aromatic carbocycles. The lowest BCUT2D eigenvalue weighted by molar-refractivity contribution is -0.145. The molecule has 0 saturated heterocycles. The SMILES string of the molecule is CCOC(=O)COc1ccc(/C=N\NC(=O)C[C@H](NS(=O)(=O)c2ccc(C)cc2)c2ccccc2)cc1Br. The molecule has 0 saturated carbocycles. The highest BCUT2D eigenvalue weighted by molar-refractivity contribution is 9.10. The summed E-state index contributed by atoms with van der Waals surface area (Å²) < 4.78 is 39.4. The summed E-state index contributed by atoms with van der Waals surface area (Å²) in [6.07, 6.45) is 1.27. The highest BCUT2D eigenvalue weighted by Gasteiger charge is 2.23. The molecule has 1 amide bonds. The average molecular weight is 603 g/mol. The van der Waals surface area contributed by atoms with Crippen molar-refractivity contribution in [3.05, 3.63) is 94.0 Å². The minimum atomic E-state index is -3.87. The molecule has 200 valence electrons. The fourth-order valence-corrected chi connectivity index (χ4v) is 5.08. The van der Waals surface area contributed by atoms with Crippen molar-refractivity contribution in [1.29, 1.82) is 0 Å². The number of aryl methyl sites for hydroxylation is 1. The van der Waals surface area contributed by atoms with Crippen molar-refractivity contribution in [2.24, 2.45) is 5.10 Å². The van der Waals surface area contributed by atoms with Crippen LogP contribution in [0.5, 0.6) is 5.75 Å². The number of nitrogens with one attached hydrogen (secondary N) is 2. The van der Waals surface area contributed by atoms with Crippen LogP contribution in [0.1, 0.15) is 36.1 Å². The Kier molecular flexibility index (Phi) is 10.6. The van der Waals surface area contributed by atoms with Crippen molar-refractivity contribution >= 4 is 44.0 Å². The van der Waals surface area contributed by atoms with Gasteiger partial charge in [0.25, 0.3) is 0 Å². The third-order valence-electron chi connectivity index (χ3n) is 5.23. The van der Waals surface area contributed by atoms with Crippen molar-refractivity contribution < 1.29 is 27.5 Å². The molecule has 0 fully saturated rings. The molecular weight excluding hydrogens is 574 g/mol. The third-order valence-corrected chi connectivity index (χ3v) is 7.34. The maximum atomic E-state index is 13.0. The lowest BCUT2D eigenvalue weighted by Gasteiger charge is -2.18. The zero-order valence-corrected chi connectivity index (χ0v) is 23.3. The number of nitrogens with zero attached hydrogens (tertiary/aromatic N) is 1. The van der Waals surface area contributed by atoms with Crippen LogP contribution in [0.3, 0.4) is 0 Å². The zero-order chi connectivity index (χ0) is 27.5. The average Bonchev–Trinajstić information content (AvgIpc) is 2.88. The molecule has 0 aromatic heterocycles. The van der Waals surface area contributed by atoms with Gasteiger partial charge in [-0.2, -0.15) is 5.10 Å². The molecule has 0 spiro atoms. The number of hydrazone groups is 1. The zero-order valence-electron chi connectivity index (χ0n) is 20.9. The van der Waals surface area contributed by atoms with E-state index in [0.717, 1.165) is 5.56 Å². The Morgan fingerprint density at radius 3 is 2.42 bits per heavy atom. The first-order valence-electron chi connectivity index (χ1n) is 11.7. The summed E-state index contributed by atoms with van der Waals surface area (Å²) in [6, 6.07) is 19.6. The van der Waals surface area contributed by atoms with Crippen LogP contribution in [0.15, 0.2) is 87.3 Å². The van der Waals surface area contributed by atoms with Gasteiger partial charge in [-0.1, -0.05) is 48.0 Å². The van der Waals surface area contributed by atoms with Crippen molar-refractivity contribution in [3.8, 4) is 5.75 Å². The number of carbonyl (C=O) groups is 2. The Hall–Kier alpha value is -3.54. The highest BCUT2D eigenvalue weighted by atomic mass is 79.9. The number of halogens is 1. The smallest absolute Gasteiger partial charge is 0.344 e. The van der Waals surface area contributed by atoms with E-state index in [1.807, 2.05) is 13.0 Å². The molecular formula is C27H28BrN3O6S. The standard InChI is InChI=1S/C27H28BrN3O6S/c1-3-36-27(33)18-37-25-14-11-20(15-23(25)28)17-29-30-26(32)16-24(21-7-5-4-6-8-21)31-38(34,35)22-12-9-19(2)10-13-22/h4-15,17,24,31H,3,16,18H2,1-2H3,(H,30,32)/b29-17-/t24-/m0/s1. The largest absolute Gasteiger partial charge is 0.481 e. The van der Waals surface area contributed by atoms with Crippen molar-refractivity contribution in [2.75, 3.05) is 13.2 Å². The van der Waals surface area contributed by atoms with E-state index in [9.17, 15) is 18.0 Å². The molecule has 0 aliphatic heterocycles. The Morgan fingerprint density at radius 2 is 1.76 bits per heavy atom. The van der Waals surface area contributed by atoms with E-state index in [2.05, 4.69) is 31.2 Å². The lowest BCUT2D eigenvalue weighted by atomic mass is 10.0. The van der Waals surface area contributed by atoms with Gasteiger partial charge in [0.05, 0.1) is 28.2 Å². The molecule has 0 bridgehead atoms. The molecule has 3 aromatic rings. The maximum absolute atomic E-state index is 13.0. The number of hydrogen-bond donors (Lipinski definition) is 2. The maximum Gasteiger partial charge on any atom is 0.344 e. The quantitative estimate of drug-likeness (QED) is 0.182. The molecule has 38 heavy (non-hydrogen) atoms. The van der Waals surface area contributed by atoms with E-state index in [-0.39, 0.29) is 24.5 Å². The molecule has 0 heterocycles. The van der Waals surface area contributed by atoms with Gasteiger partial charge in [0.1, 0.15) is 5.75 Å². The molecule has 1 atom stereocenters. The van der Waals surface area contributed by atoms with Crippen LogP contribution in [-0.4, -0.2) is 39.7 Å². The second-order valence-electron chi connectivity index (χ2n) is 8.18. The van der Waals surface area contributed by atoms with E-state index in [4.69, 9.17) is 9.47 Å². The summed E-state index contributed by atoms with van der Waals surface area (Å²) in [6.45, 7) is 3.64. The normalized spacial score (nSPS) is 12.2. The Labute approximate surface area is 230 Å². The molecule has 11 heteroatoms. The Morgan fingerprint density at radius 1 is 1.05 bits per heavy atom. The van der Waals surface area contributed by atoms with Gasteiger partial charge in [-0.3, -0.25) is 4.79 Å². The first-order valence-corrected chi connectivity index (χ1v) is 14.0. The van der Waals surface area contributed by atoms with E-state index in [1.165, 1.54) is 18.3 Å². The van der Waals surface area contributed by atoms with Gasteiger partial charge in [0.2, 0.25) is 15.9 Å². The monoisotopic (exact) mass is 601 g/mol. The summed E-state index contributed by atoms with van der Waals surface area (Å²) in [7, 11) is -3.87. The number of rotatable bonds is 12. The lowest BCUT2D eigenvalue weighted by Crippen LogP contribution is -2.32. The molecule has 2 N–H and O–H groups in total. The van der Waals surface area contributed by atoms with E-state index in [1.54, 1.807) is 61.5 Å². The third kappa shape index (κ3) is 8.79. The van der Waals surface area contributed by atoms with Gasteiger partial charge in [-0.25, -0.2) is 23.4 Å². The van der Waals surface area contributed by atoms with Gasteiger partial charge in [0, 0.05) is 6.42 Å². The number of ether oxygens (including phenoxy) is 2. The number of carbonyl (C=O) groups excluding carboxylic acids is 2. The van der Waals surface area contributed by atoms with Crippen LogP contribution < -0.4 is 14.9 Å². The van der Waals surface area contributed by atoms with Crippen molar-refractivity contribution in [2.45, 2.75) is 31.2 Å². The summed E-state index contributed by atoms with van der Waals surface area (Å²) in [5.41, 5.74) is 4.67. The van der Waals surface area contributed by atoms with E-state index in [0.29, 0.717) is 21.3 Å². The van der Waals surface area contributed by atoms with Gasteiger partial charge in [0.15, 0.2) is 6.61 Å². The summed E-state index contributed by atoms with van der Waals surface area (Å²) >= 11 is 3.38. The highest BCUT2D eigenvalue weighted by Crippen LogP contribution is 2.25. The number of esters is 1. The van der Waals surface area contributed by atoms with Gasteiger partial charge in [-0.15, -0.1) is 0 Å². The number of amides is 1. The van der Waals surface area contributed by atoms with Crippen LogP contribution in [0.2, 0.25) is 0 Å². The second-order valence-corrected chi connectivity index (χ2v) is 10.7. The molecule has 9 nitrogen and oxygen atoms in total. The van der Waals surface area contributed by atoms with Crippen LogP contribution in [-0.2, 0) is 24.3 Å². The second kappa shape index (κ2) is 13.8. The Bertz CT molecular complexity index is 1380. The van der Waals surface area contributed by atoms with E-state index >= 15 is 0 Å². The fraction of sp³-hybridized carbons (Fsp3) is 0.222. The summed E-state index contributed by atoms with van der Waals surface area (Å²) in [5.74, 6) is -0.497. The van der Waals surface area contributed by atoms with Crippen LogP contribution >= 0.6 is 15.9 Å². The minimum absolute atomic E-state index is 0.114. The molecule has 0 unspecified atom stereocenters. The first-order chi connectivity index (χ1) is 18.2. The van der Waals surface area contributed by atoms with Crippen LogP contribution in [0.4, 0.5) is 0 Å². The predicted octanol–water partition coefficient (Wildman–Crippen LogP) is 4.26. The van der Waals surface area contributed by atoms with Crippen molar-refractivity contribution in [1.82, 2.24) is 10.1 Å². The number of benzene rings is 3. The summed E-state index contributed by atoms with van der Waals surface area (Å²) in [5, 5.41) is 3.98. The number of hydrogen-bond acceptors (Lipinski definition) is 7. The van der Waals surface area contributed by atoms with Crippen LogP contribution in [0, 0.1) is 6.92 Å². The molecule has 0 aliphatic carbocycles. The van der Waals surface area contributed by atoms with E-state index < -0.39 is 27.9 Å². The minimum Gasteiger partial charge on any atom is -0.481 e. The molecule has 3 rings (SSSR count). The molecule has 0 radical (unpaired) electrons. The van der Waals surface area contributed by atoms with Gasteiger partial charge >= 0.3 is 5.97 Å². The van der Waals surface area contributed by atoms with Crippen LogP contribution in [0.25, 0.3) is 0 Å². The van der Waals surface area contributed by atoms with Crippen molar-refractivity contribution in [3.63, 3.8) is 0 Å². The predicted molar refractivity (Wildman–Crippen MR) is 147 cm³/mol. The first kappa shape index (κ1) is 29.0. The fourth-order valence-electron chi connectivity index (χ4n) is 3.35. The van der Waals surface area contributed by atoms with Gasteiger partial charge < -0.3 is 9.47 Å². The summed E-state index contributed by atoms with van der Waals surface area (Å²) in [4.78, 5) is 24.3. The number of sulfonamides is 1.